The Morgan fingerprint density at radius 1 is 0.612 bits per heavy atom. The van der Waals surface area contributed by atoms with Gasteiger partial charge in [-0.2, -0.15) is 0 Å². The van der Waals surface area contributed by atoms with Gasteiger partial charge in [0.1, 0.15) is 46.7 Å². The first-order chi connectivity index (χ1) is 23.7. The van der Waals surface area contributed by atoms with E-state index in [1.54, 1.807) is 91.2 Å². The van der Waals surface area contributed by atoms with E-state index in [1.165, 1.54) is 7.11 Å². The zero-order chi connectivity index (χ0) is 34.6. The van der Waals surface area contributed by atoms with Crippen molar-refractivity contribution >= 4 is 0 Å². The van der Waals surface area contributed by atoms with Gasteiger partial charge in [-0.05, 0) is 35.9 Å². The van der Waals surface area contributed by atoms with Crippen molar-refractivity contribution in [2.24, 2.45) is 0 Å². The fraction of sp³-hybridized carbons (Fsp3) is 0.351. The lowest BCUT2D eigenvalue weighted by molar-refractivity contribution is -0.219. The summed E-state index contributed by atoms with van der Waals surface area (Å²) in [6, 6.07) is 15.7. The zero-order valence-corrected chi connectivity index (χ0v) is 28.2. The molecule has 0 unspecified atom stereocenters. The van der Waals surface area contributed by atoms with Crippen LogP contribution in [0.1, 0.15) is 39.8 Å². The summed E-state index contributed by atoms with van der Waals surface area (Å²) in [7, 11) is 10.8. The van der Waals surface area contributed by atoms with Gasteiger partial charge in [0, 0.05) is 46.9 Å². The van der Waals surface area contributed by atoms with E-state index in [4.69, 9.17) is 47.4 Å². The average Bonchev–Trinajstić information content (AvgIpc) is 3.13. The molecule has 258 valence electrons. The van der Waals surface area contributed by atoms with Crippen LogP contribution in [0.25, 0.3) is 0 Å². The van der Waals surface area contributed by atoms with Crippen LogP contribution in [-0.2, 0) is 12.2 Å². The molecule has 0 amide bonds. The lowest BCUT2D eigenvalue weighted by atomic mass is 9.74. The van der Waals surface area contributed by atoms with Gasteiger partial charge < -0.3 is 57.6 Å². The van der Waals surface area contributed by atoms with Crippen molar-refractivity contribution in [1.82, 2.24) is 0 Å². The lowest BCUT2D eigenvalue weighted by Gasteiger charge is -2.50. The molecule has 5 atom stereocenters. The van der Waals surface area contributed by atoms with Crippen LogP contribution in [0, 0.1) is 0 Å². The van der Waals surface area contributed by atoms with Gasteiger partial charge in [-0.1, -0.05) is 6.07 Å². The Balaban J connectivity index is 1.48. The molecule has 3 aliphatic heterocycles. The minimum atomic E-state index is -1.77. The molecule has 12 heteroatoms. The maximum atomic E-state index is 12.5. The molecule has 0 aromatic heterocycles. The number of fused-ring (bicyclic) bond motifs is 8. The molecule has 49 heavy (non-hydrogen) atoms. The van der Waals surface area contributed by atoms with Crippen molar-refractivity contribution < 1.29 is 57.6 Å². The molecule has 0 fully saturated rings. The first-order valence-corrected chi connectivity index (χ1v) is 15.6. The fourth-order valence-corrected chi connectivity index (χ4v) is 7.14. The Hall–Kier alpha value is -5.20. The average molecular weight is 675 g/mol. The van der Waals surface area contributed by atoms with Crippen molar-refractivity contribution in [3.8, 4) is 57.5 Å². The Bertz CT molecular complexity index is 1910. The molecule has 4 aromatic carbocycles. The van der Waals surface area contributed by atoms with Gasteiger partial charge in [0.05, 0.1) is 61.8 Å². The molecule has 0 saturated carbocycles. The zero-order valence-electron chi connectivity index (χ0n) is 28.2. The van der Waals surface area contributed by atoms with Crippen molar-refractivity contribution in [3.05, 3.63) is 82.4 Å². The number of aliphatic hydroxyl groups excluding tert-OH is 2. The summed E-state index contributed by atoms with van der Waals surface area (Å²) >= 11 is 0. The highest BCUT2D eigenvalue weighted by Gasteiger charge is 2.60. The first kappa shape index (κ1) is 32.4. The minimum absolute atomic E-state index is 0.192. The second-order valence-corrected chi connectivity index (χ2v) is 11.8. The minimum Gasteiger partial charge on any atom is -0.496 e. The number of aliphatic hydroxyl groups is 2. The van der Waals surface area contributed by atoms with Gasteiger partial charge in [-0.3, -0.25) is 0 Å². The molecule has 0 aliphatic carbocycles. The van der Waals surface area contributed by atoms with Crippen LogP contribution in [0.3, 0.4) is 0 Å². The summed E-state index contributed by atoms with van der Waals surface area (Å²) in [4.78, 5) is 0. The van der Waals surface area contributed by atoms with Gasteiger partial charge in [0.2, 0.25) is 0 Å². The maximum absolute atomic E-state index is 12.5. The third kappa shape index (κ3) is 4.88. The Morgan fingerprint density at radius 2 is 1.22 bits per heavy atom. The quantitative estimate of drug-likeness (QED) is 0.250. The van der Waals surface area contributed by atoms with E-state index in [0.29, 0.717) is 85.3 Å². The topological polar surface area (TPSA) is 133 Å². The van der Waals surface area contributed by atoms with E-state index in [-0.39, 0.29) is 6.42 Å². The Morgan fingerprint density at radius 3 is 1.86 bits per heavy atom. The van der Waals surface area contributed by atoms with Gasteiger partial charge >= 0.3 is 5.79 Å². The van der Waals surface area contributed by atoms with Gasteiger partial charge in [-0.15, -0.1) is 0 Å². The summed E-state index contributed by atoms with van der Waals surface area (Å²) < 4.78 is 59.7. The normalized spacial score (nSPS) is 22.9. The van der Waals surface area contributed by atoms with Crippen LogP contribution in [0.5, 0.6) is 57.5 Å². The molecule has 2 N–H and O–H groups in total. The van der Waals surface area contributed by atoms with E-state index in [1.807, 2.05) is 6.07 Å². The molecular weight excluding hydrogens is 636 g/mol. The number of hydrogen-bond donors (Lipinski definition) is 2. The van der Waals surface area contributed by atoms with Crippen LogP contribution >= 0.6 is 0 Å². The molecule has 12 nitrogen and oxygen atoms in total. The molecule has 2 bridgehead atoms. The van der Waals surface area contributed by atoms with Crippen LogP contribution in [-0.4, -0.2) is 72.2 Å². The number of benzene rings is 4. The Kier molecular flexibility index (Phi) is 8.16. The predicted molar refractivity (Wildman–Crippen MR) is 175 cm³/mol. The van der Waals surface area contributed by atoms with E-state index in [9.17, 15) is 10.2 Å². The third-order valence-electron chi connectivity index (χ3n) is 9.48. The van der Waals surface area contributed by atoms with Gasteiger partial charge in [-0.25, -0.2) is 0 Å². The molecule has 3 aliphatic rings. The van der Waals surface area contributed by atoms with Crippen LogP contribution in [0.4, 0.5) is 0 Å². The summed E-state index contributed by atoms with van der Waals surface area (Å²) in [5.41, 5.74) is 2.88. The number of ether oxygens (including phenoxy) is 10. The molecule has 3 heterocycles. The molecule has 4 aromatic rings. The number of methoxy groups -OCH3 is 7. The standard InChI is InChI=1S/C37H38O12/c1-40-20-14-28(46-7)31-29(15-20)48-37(19-9-11-24(42-3)27(13-19)45-6)36(39)33(31)32-30(49-37)17-25(43-4)21-16-22(38)34(47-35(21)32)18-8-10-23(41-2)26(12-18)44-5/h8-15,17,22,33-34,36,38-39H,16H2,1-7H3/t22-,33+,34-,36+,37-/m1/s1. The van der Waals surface area contributed by atoms with Gasteiger partial charge in [0.15, 0.2) is 23.0 Å². The van der Waals surface area contributed by atoms with E-state index < -0.39 is 30.0 Å². The molecule has 7 rings (SSSR count). The predicted octanol–water partition coefficient (Wildman–Crippen LogP) is 4.91. The maximum Gasteiger partial charge on any atom is 0.305 e. The highest BCUT2D eigenvalue weighted by molar-refractivity contribution is 5.68. The van der Waals surface area contributed by atoms with Crippen molar-refractivity contribution in [2.75, 3.05) is 49.8 Å². The second kappa shape index (κ2) is 12.4. The number of hydrogen-bond acceptors (Lipinski definition) is 12. The largest absolute Gasteiger partial charge is 0.496 e. The van der Waals surface area contributed by atoms with E-state index >= 15 is 0 Å². The smallest absolute Gasteiger partial charge is 0.305 e. The SMILES string of the molecule is COc1cc(OC)c2c(c1)O[C@]1(c3ccc(OC)c(OC)c3)Oc3cc(OC)c4c(c3[C@H]2[C@@H]1O)O[C@H](c1ccc(OC)c(OC)c1)[C@H](O)C4. The summed E-state index contributed by atoms with van der Waals surface area (Å²) in [6.07, 6.45) is -2.90. The molecule has 0 spiro atoms. The third-order valence-corrected chi connectivity index (χ3v) is 9.48. The molecule has 0 saturated heterocycles. The second-order valence-electron chi connectivity index (χ2n) is 11.8. The fourth-order valence-electron chi connectivity index (χ4n) is 7.14. The number of rotatable bonds is 9. The van der Waals surface area contributed by atoms with Crippen LogP contribution in [0.2, 0.25) is 0 Å². The monoisotopic (exact) mass is 674 g/mol. The summed E-state index contributed by atoms with van der Waals surface area (Å²) in [5, 5.41) is 24.0. The van der Waals surface area contributed by atoms with Crippen molar-refractivity contribution in [1.29, 1.82) is 0 Å². The highest BCUT2D eigenvalue weighted by atomic mass is 16.7. The van der Waals surface area contributed by atoms with Crippen molar-refractivity contribution in [3.63, 3.8) is 0 Å². The molecular formula is C37H38O12. The summed E-state index contributed by atoms with van der Waals surface area (Å²) in [5.74, 6) is 1.88. The summed E-state index contributed by atoms with van der Waals surface area (Å²) in [6.45, 7) is 0. The van der Waals surface area contributed by atoms with Gasteiger partial charge in [0.25, 0.3) is 0 Å². The lowest BCUT2D eigenvalue weighted by Crippen LogP contribution is -2.57. The highest BCUT2D eigenvalue weighted by Crippen LogP contribution is 2.62. The van der Waals surface area contributed by atoms with E-state index in [0.717, 1.165) is 0 Å². The Labute approximate surface area is 283 Å². The molecule has 0 radical (unpaired) electrons. The van der Waals surface area contributed by atoms with Crippen LogP contribution < -0.4 is 47.4 Å². The van der Waals surface area contributed by atoms with Crippen LogP contribution in [0.15, 0.2) is 54.6 Å². The van der Waals surface area contributed by atoms with E-state index in [2.05, 4.69) is 0 Å². The van der Waals surface area contributed by atoms with Crippen molar-refractivity contribution in [2.45, 2.75) is 36.4 Å². The first-order valence-electron chi connectivity index (χ1n) is 15.6.